The van der Waals surface area contributed by atoms with Gasteiger partial charge in [-0.05, 0) is 31.0 Å². The van der Waals surface area contributed by atoms with Crippen molar-refractivity contribution in [3.05, 3.63) is 29.8 Å². The Morgan fingerprint density at radius 3 is 1.94 bits per heavy atom. The highest BCUT2D eigenvalue weighted by atomic mass is 16.4. The third kappa shape index (κ3) is 9.95. The minimum Gasteiger partial charge on any atom is -0.508 e. The molecular formula is C21H30N4O10. The van der Waals surface area contributed by atoms with Crippen LogP contribution in [0.1, 0.15) is 25.3 Å². The number of carbonyl (C=O) groups is 5. The molecule has 0 saturated carbocycles. The molecule has 0 aliphatic carbocycles. The molecule has 1 aromatic rings. The van der Waals surface area contributed by atoms with E-state index in [0.29, 0.717) is 5.56 Å². The summed E-state index contributed by atoms with van der Waals surface area (Å²) in [6.45, 7) is 0.412. The lowest BCUT2D eigenvalue weighted by Gasteiger charge is -2.25. The normalized spacial score (nSPS) is 15.1. The van der Waals surface area contributed by atoms with Crippen molar-refractivity contribution in [3.8, 4) is 5.75 Å². The van der Waals surface area contributed by atoms with Gasteiger partial charge in [-0.25, -0.2) is 4.79 Å². The van der Waals surface area contributed by atoms with Gasteiger partial charge in [0, 0.05) is 12.8 Å². The topological polar surface area (TPSA) is 249 Å². The van der Waals surface area contributed by atoms with Crippen molar-refractivity contribution in [2.75, 3.05) is 6.61 Å². The molecule has 194 valence electrons. The number of aliphatic carboxylic acids is 2. The fourth-order valence-electron chi connectivity index (χ4n) is 2.89. The summed E-state index contributed by atoms with van der Waals surface area (Å²) in [5, 5.41) is 53.0. The summed E-state index contributed by atoms with van der Waals surface area (Å²) in [5.41, 5.74) is 5.88. The van der Waals surface area contributed by atoms with Crippen LogP contribution in [0.15, 0.2) is 24.3 Å². The largest absolute Gasteiger partial charge is 0.508 e. The van der Waals surface area contributed by atoms with E-state index in [2.05, 4.69) is 16.0 Å². The van der Waals surface area contributed by atoms with Gasteiger partial charge < -0.3 is 47.2 Å². The first-order valence-corrected chi connectivity index (χ1v) is 10.5. The van der Waals surface area contributed by atoms with Crippen molar-refractivity contribution < 1.29 is 49.5 Å². The van der Waals surface area contributed by atoms with Crippen molar-refractivity contribution in [2.45, 2.75) is 56.5 Å². The van der Waals surface area contributed by atoms with E-state index in [1.165, 1.54) is 24.3 Å². The Morgan fingerprint density at radius 2 is 1.46 bits per heavy atom. The molecule has 0 saturated heterocycles. The number of hydrogen-bond donors (Lipinski definition) is 9. The second-order valence-corrected chi connectivity index (χ2v) is 7.78. The highest BCUT2D eigenvalue weighted by molar-refractivity contribution is 5.94. The van der Waals surface area contributed by atoms with E-state index in [-0.39, 0.29) is 18.6 Å². The van der Waals surface area contributed by atoms with Crippen molar-refractivity contribution >= 4 is 29.7 Å². The molecule has 0 bridgehead atoms. The van der Waals surface area contributed by atoms with Crippen LogP contribution in [0.25, 0.3) is 0 Å². The van der Waals surface area contributed by atoms with Gasteiger partial charge in [0.05, 0.1) is 12.7 Å². The number of carboxylic acids is 2. The molecule has 0 heterocycles. The first-order valence-electron chi connectivity index (χ1n) is 10.5. The van der Waals surface area contributed by atoms with E-state index in [1.807, 2.05) is 0 Å². The summed E-state index contributed by atoms with van der Waals surface area (Å²) < 4.78 is 0. The van der Waals surface area contributed by atoms with Gasteiger partial charge in [0.25, 0.3) is 0 Å². The maximum Gasteiger partial charge on any atom is 0.328 e. The van der Waals surface area contributed by atoms with Gasteiger partial charge in [0.1, 0.15) is 23.9 Å². The van der Waals surface area contributed by atoms with Crippen LogP contribution >= 0.6 is 0 Å². The average Bonchev–Trinajstić information content (AvgIpc) is 2.79. The van der Waals surface area contributed by atoms with E-state index in [4.69, 9.17) is 15.9 Å². The van der Waals surface area contributed by atoms with Crippen LogP contribution in [-0.2, 0) is 30.4 Å². The number of phenolic OH excluding ortho intramolecular Hbond substituents is 1. The Balaban J connectivity index is 3.17. The van der Waals surface area contributed by atoms with Crippen LogP contribution in [0, 0.1) is 0 Å². The molecule has 14 nitrogen and oxygen atoms in total. The van der Waals surface area contributed by atoms with Gasteiger partial charge in [-0.15, -0.1) is 0 Å². The Hall–Kier alpha value is -3.75. The maximum absolute atomic E-state index is 12.9. The van der Waals surface area contributed by atoms with Gasteiger partial charge in [-0.1, -0.05) is 12.1 Å². The fourth-order valence-corrected chi connectivity index (χ4v) is 2.89. The standard InChI is InChI=1S/C21H30N4O10/c1-10(27)17(21(34)35)25-20(33)15(8-11-2-4-12(28)5-3-11)24-19(32)14(6-7-16(29)30)23-18(31)13(22)9-26/h2-5,10,13-15,17,26-28H,6-9,22H2,1H3,(H,23,31)(H,24,32)(H,25,33)(H,29,30)(H,34,35). The summed E-state index contributed by atoms with van der Waals surface area (Å²) in [7, 11) is 0. The molecule has 0 aliphatic rings. The lowest BCUT2D eigenvalue weighted by atomic mass is 10.0. The van der Waals surface area contributed by atoms with E-state index >= 15 is 0 Å². The zero-order valence-electron chi connectivity index (χ0n) is 18.9. The highest BCUT2D eigenvalue weighted by Gasteiger charge is 2.32. The fraction of sp³-hybridized carbons (Fsp3) is 0.476. The molecule has 0 radical (unpaired) electrons. The molecule has 0 aromatic heterocycles. The SMILES string of the molecule is CC(O)C(NC(=O)C(Cc1ccc(O)cc1)NC(=O)C(CCC(=O)O)NC(=O)C(N)CO)C(=O)O. The number of aliphatic hydroxyl groups is 2. The van der Waals surface area contributed by atoms with Gasteiger partial charge in [-0.2, -0.15) is 0 Å². The highest BCUT2D eigenvalue weighted by Crippen LogP contribution is 2.12. The van der Waals surface area contributed by atoms with Crippen LogP contribution in [0.4, 0.5) is 0 Å². The third-order valence-corrected chi connectivity index (χ3v) is 4.87. The minimum absolute atomic E-state index is 0.0597. The molecule has 1 aromatic carbocycles. The predicted molar refractivity (Wildman–Crippen MR) is 119 cm³/mol. The number of benzene rings is 1. The average molecular weight is 498 g/mol. The van der Waals surface area contributed by atoms with E-state index in [9.17, 15) is 39.3 Å². The number of carboxylic acid groups (broad SMARTS) is 2. The first-order chi connectivity index (χ1) is 16.3. The van der Waals surface area contributed by atoms with Crippen LogP contribution in [0.3, 0.4) is 0 Å². The summed E-state index contributed by atoms with van der Waals surface area (Å²) in [6, 6.07) is -0.367. The van der Waals surface area contributed by atoms with Gasteiger partial charge >= 0.3 is 11.9 Å². The number of aliphatic hydroxyl groups excluding tert-OH is 2. The van der Waals surface area contributed by atoms with E-state index in [0.717, 1.165) is 6.92 Å². The monoisotopic (exact) mass is 498 g/mol. The Labute approximate surface area is 200 Å². The minimum atomic E-state index is -1.69. The summed E-state index contributed by atoms with van der Waals surface area (Å²) >= 11 is 0. The number of rotatable bonds is 14. The number of carbonyl (C=O) groups excluding carboxylic acids is 3. The predicted octanol–water partition coefficient (Wildman–Crippen LogP) is -2.96. The molecule has 0 spiro atoms. The zero-order chi connectivity index (χ0) is 26.7. The second kappa shape index (κ2) is 13.8. The quantitative estimate of drug-likeness (QED) is 0.125. The van der Waals surface area contributed by atoms with Crippen LogP contribution in [0.5, 0.6) is 5.75 Å². The number of aromatic hydroxyl groups is 1. The lowest BCUT2D eigenvalue weighted by molar-refractivity contribution is -0.145. The molecule has 1 rings (SSSR count). The van der Waals surface area contributed by atoms with Gasteiger partial charge in [0.15, 0.2) is 6.04 Å². The van der Waals surface area contributed by atoms with Crippen LogP contribution in [0.2, 0.25) is 0 Å². The zero-order valence-corrected chi connectivity index (χ0v) is 18.9. The second-order valence-electron chi connectivity index (χ2n) is 7.78. The van der Waals surface area contributed by atoms with E-state index in [1.54, 1.807) is 0 Å². The molecule has 10 N–H and O–H groups in total. The number of hydrogen-bond acceptors (Lipinski definition) is 9. The molecule has 0 fully saturated rings. The summed E-state index contributed by atoms with van der Waals surface area (Å²) in [5.74, 6) is -5.72. The molecule has 0 aliphatic heterocycles. The van der Waals surface area contributed by atoms with E-state index < -0.39 is 73.0 Å². The van der Waals surface area contributed by atoms with Crippen molar-refractivity contribution in [3.63, 3.8) is 0 Å². The lowest BCUT2D eigenvalue weighted by Crippen LogP contribution is -2.59. The van der Waals surface area contributed by atoms with Crippen LogP contribution in [-0.4, -0.2) is 92.1 Å². The Kier molecular flexibility index (Phi) is 11.6. The molecule has 5 unspecified atom stereocenters. The van der Waals surface area contributed by atoms with Gasteiger partial charge in [-0.3, -0.25) is 19.2 Å². The van der Waals surface area contributed by atoms with Crippen LogP contribution < -0.4 is 21.7 Å². The number of nitrogens with one attached hydrogen (secondary N) is 3. The maximum atomic E-state index is 12.9. The summed E-state index contributed by atoms with van der Waals surface area (Å²) in [4.78, 5) is 60.1. The Bertz CT molecular complexity index is 906. The molecule has 3 amide bonds. The molecule has 35 heavy (non-hydrogen) atoms. The first kappa shape index (κ1) is 29.3. The number of amides is 3. The third-order valence-electron chi connectivity index (χ3n) is 4.87. The molecule has 14 heteroatoms. The smallest absolute Gasteiger partial charge is 0.328 e. The molecule has 5 atom stereocenters. The number of nitrogens with two attached hydrogens (primary N) is 1. The summed E-state index contributed by atoms with van der Waals surface area (Å²) in [6.07, 6.45) is -2.54. The van der Waals surface area contributed by atoms with Gasteiger partial charge in [0.2, 0.25) is 17.7 Å². The number of phenols is 1. The van der Waals surface area contributed by atoms with Crippen molar-refractivity contribution in [1.29, 1.82) is 0 Å². The molecular weight excluding hydrogens is 468 g/mol. The Morgan fingerprint density at radius 1 is 0.914 bits per heavy atom. The van der Waals surface area contributed by atoms with Crippen molar-refractivity contribution in [2.24, 2.45) is 5.73 Å². The van der Waals surface area contributed by atoms with Crippen molar-refractivity contribution in [1.82, 2.24) is 16.0 Å².